The molecule has 1 aliphatic heterocycles. The second-order valence-corrected chi connectivity index (χ2v) is 5.34. The maximum absolute atomic E-state index is 11.0. The van der Waals surface area contributed by atoms with Crippen LogP contribution in [0, 0.1) is 18.8 Å². The summed E-state index contributed by atoms with van der Waals surface area (Å²) in [4.78, 5) is 13.2. The third-order valence-corrected chi connectivity index (χ3v) is 3.70. The molecule has 1 aromatic carbocycles. The van der Waals surface area contributed by atoms with Gasteiger partial charge in [-0.2, -0.15) is 0 Å². The van der Waals surface area contributed by atoms with Gasteiger partial charge in [-0.3, -0.25) is 9.69 Å². The van der Waals surface area contributed by atoms with E-state index in [1.165, 1.54) is 5.56 Å². The summed E-state index contributed by atoms with van der Waals surface area (Å²) in [6, 6.07) is 7.96. The van der Waals surface area contributed by atoms with Crippen LogP contribution >= 0.6 is 0 Å². The smallest absolute Gasteiger partial charge is 0.308 e. The summed E-state index contributed by atoms with van der Waals surface area (Å²) in [5, 5.41) is 9.07. The minimum Gasteiger partial charge on any atom is -0.492 e. The first-order valence-electron chi connectivity index (χ1n) is 6.71. The fraction of sp³-hybridized carbons (Fsp3) is 0.533. The number of hydrogen-bond donors (Lipinski definition) is 1. The minimum absolute atomic E-state index is 0.219. The van der Waals surface area contributed by atoms with E-state index in [2.05, 4.69) is 4.90 Å². The number of ether oxygens (including phenoxy) is 1. The number of hydrogen-bond acceptors (Lipinski definition) is 3. The van der Waals surface area contributed by atoms with Crippen LogP contribution in [0.25, 0.3) is 0 Å². The Bertz CT molecular complexity index is 430. The number of rotatable bonds is 5. The Balaban J connectivity index is 1.75. The van der Waals surface area contributed by atoms with Gasteiger partial charge in [-0.15, -0.1) is 0 Å². The predicted molar refractivity (Wildman–Crippen MR) is 73.4 cm³/mol. The molecule has 0 radical (unpaired) electrons. The first-order valence-corrected chi connectivity index (χ1v) is 6.71. The molecule has 4 nitrogen and oxygen atoms in total. The van der Waals surface area contributed by atoms with Gasteiger partial charge in [-0.05, 0) is 25.0 Å². The number of carbonyl (C=O) groups is 1. The normalized spacial score (nSPS) is 23.5. The van der Waals surface area contributed by atoms with Gasteiger partial charge in [0.15, 0.2) is 0 Å². The molecule has 0 aromatic heterocycles. The monoisotopic (exact) mass is 263 g/mol. The van der Waals surface area contributed by atoms with Crippen LogP contribution in [0.3, 0.4) is 0 Å². The van der Waals surface area contributed by atoms with Crippen LogP contribution in [0.4, 0.5) is 0 Å². The lowest BCUT2D eigenvalue weighted by atomic mass is 9.99. The van der Waals surface area contributed by atoms with Crippen molar-refractivity contribution >= 4 is 5.97 Å². The average molecular weight is 263 g/mol. The van der Waals surface area contributed by atoms with Gasteiger partial charge in [0, 0.05) is 19.6 Å². The van der Waals surface area contributed by atoms with E-state index < -0.39 is 5.97 Å². The van der Waals surface area contributed by atoms with Crippen molar-refractivity contribution in [1.82, 2.24) is 4.90 Å². The van der Waals surface area contributed by atoms with Gasteiger partial charge in [0.2, 0.25) is 0 Å². The molecule has 104 valence electrons. The third kappa shape index (κ3) is 3.70. The Morgan fingerprint density at radius 2 is 2.05 bits per heavy atom. The van der Waals surface area contributed by atoms with Gasteiger partial charge in [0.05, 0.1) is 5.92 Å². The van der Waals surface area contributed by atoms with Gasteiger partial charge < -0.3 is 9.84 Å². The van der Waals surface area contributed by atoms with Crippen LogP contribution in [0.15, 0.2) is 24.3 Å². The molecule has 0 aliphatic carbocycles. The third-order valence-electron chi connectivity index (χ3n) is 3.70. The van der Waals surface area contributed by atoms with Crippen LogP contribution in [0.1, 0.15) is 12.5 Å². The van der Waals surface area contributed by atoms with E-state index in [0.29, 0.717) is 13.2 Å². The maximum Gasteiger partial charge on any atom is 0.308 e. The summed E-state index contributed by atoms with van der Waals surface area (Å²) < 4.78 is 5.66. The summed E-state index contributed by atoms with van der Waals surface area (Å²) in [5.74, 6) is 0.165. The van der Waals surface area contributed by atoms with Crippen LogP contribution in [-0.4, -0.2) is 42.2 Å². The highest BCUT2D eigenvalue weighted by Crippen LogP contribution is 2.22. The summed E-state index contributed by atoms with van der Waals surface area (Å²) in [7, 11) is 0. The number of carboxylic acids is 1. The number of aliphatic carboxylic acids is 1. The number of aryl methyl sites for hydroxylation is 1. The Morgan fingerprint density at radius 3 is 2.63 bits per heavy atom. The van der Waals surface area contributed by atoms with Gasteiger partial charge in [-0.1, -0.05) is 24.6 Å². The number of likely N-dealkylation sites (tertiary alicyclic amines) is 1. The van der Waals surface area contributed by atoms with Crippen molar-refractivity contribution in [1.29, 1.82) is 0 Å². The molecule has 1 aliphatic rings. The Hall–Kier alpha value is -1.55. The lowest BCUT2D eigenvalue weighted by molar-refractivity contribution is -0.142. The van der Waals surface area contributed by atoms with Crippen molar-refractivity contribution in [3.8, 4) is 5.75 Å². The van der Waals surface area contributed by atoms with Crippen LogP contribution < -0.4 is 4.74 Å². The van der Waals surface area contributed by atoms with E-state index in [0.717, 1.165) is 18.8 Å². The van der Waals surface area contributed by atoms with E-state index in [9.17, 15) is 4.79 Å². The number of benzene rings is 1. The average Bonchev–Trinajstić information content (AvgIpc) is 2.73. The molecule has 0 amide bonds. The standard InChI is InChI=1S/C15H21NO3/c1-11-3-5-13(6-4-11)19-8-7-16-9-12(2)14(10-16)15(17)18/h3-6,12,14H,7-10H2,1-2H3,(H,17,18)/t12-,14-/m1/s1. The molecule has 0 unspecified atom stereocenters. The van der Waals surface area contributed by atoms with Crippen LogP contribution in [0.5, 0.6) is 5.75 Å². The molecule has 1 fully saturated rings. The van der Waals surface area contributed by atoms with Crippen molar-refractivity contribution in [2.24, 2.45) is 11.8 Å². The van der Waals surface area contributed by atoms with E-state index in [-0.39, 0.29) is 11.8 Å². The molecule has 1 saturated heterocycles. The highest BCUT2D eigenvalue weighted by Gasteiger charge is 2.34. The fourth-order valence-corrected chi connectivity index (χ4v) is 2.50. The zero-order valence-corrected chi connectivity index (χ0v) is 11.5. The summed E-state index contributed by atoms with van der Waals surface area (Å²) >= 11 is 0. The molecule has 0 saturated carbocycles. The van der Waals surface area contributed by atoms with E-state index >= 15 is 0 Å². The Kier molecular flexibility index (Phi) is 4.43. The van der Waals surface area contributed by atoms with Crippen molar-refractivity contribution < 1.29 is 14.6 Å². The van der Waals surface area contributed by atoms with E-state index in [4.69, 9.17) is 9.84 Å². The van der Waals surface area contributed by atoms with Crippen molar-refractivity contribution in [3.63, 3.8) is 0 Å². The fourth-order valence-electron chi connectivity index (χ4n) is 2.50. The molecule has 1 aromatic rings. The zero-order valence-electron chi connectivity index (χ0n) is 11.5. The molecule has 4 heteroatoms. The lowest BCUT2D eigenvalue weighted by Gasteiger charge is -2.15. The Labute approximate surface area is 114 Å². The second kappa shape index (κ2) is 6.06. The zero-order chi connectivity index (χ0) is 13.8. The van der Waals surface area contributed by atoms with Crippen molar-refractivity contribution in [3.05, 3.63) is 29.8 Å². The maximum atomic E-state index is 11.0. The SMILES string of the molecule is Cc1ccc(OCCN2C[C@@H](C)[C@H](C(=O)O)C2)cc1. The predicted octanol–water partition coefficient (Wildman–Crippen LogP) is 2.03. The molecule has 2 rings (SSSR count). The Morgan fingerprint density at radius 1 is 1.37 bits per heavy atom. The largest absolute Gasteiger partial charge is 0.492 e. The highest BCUT2D eigenvalue weighted by molar-refractivity contribution is 5.71. The molecule has 1 heterocycles. The quantitative estimate of drug-likeness (QED) is 0.883. The number of nitrogens with zero attached hydrogens (tertiary/aromatic N) is 1. The van der Waals surface area contributed by atoms with Gasteiger partial charge >= 0.3 is 5.97 Å². The van der Waals surface area contributed by atoms with Gasteiger partial charge in [0.25, 0.3) is 0 Å². The molecule has 1 N–H and O–H groups in total. The molecular weight excluding hydrogens is 242 g/mol. The van der Waals surface area contributed by atoms with E-state index in [1.54, 1.807) is 0 Å². The van der Waals surface area contributed by atoms with Crippen LogP contribution in [-0.2, 0) is 4.79 Å². The van der Waals surface area contributed by atoms with E-state index in [1.807, 2.05) is 38.1 Å². The van der Waals surface area contributed by atoms with Crippen molar-refractivity contribution in [2.75, 3.05) is 26.2 Å². The van der Waals surface area contributed by atoms with Crippen molar-refractivity contribution in [2.45, 2.75) is 13.8 Å². The van der Waals surface area contributed by atoms with Crippen LogP contribution in [0.2, 0.25) is 0 Å². The summed E-state index contributed by atoms with van der Waals surface area (Å²) in [5.41, 5.74) is 1.21. The van der Waals surface area contributed by atoms with Gasteiger partial charge in [-0.25, -0.2) is 0 Å². The molecule has 0 spiro atoms. The summed E-state index contributed by atoms with van der Waals surface area (Å²) in [6.07, 6.45) is 0. The first-order chi connectivity index (χ1) is 9.06. The molecule has 19 heavy (non-hydrogen) atoms. The van der Waals surface area contributed by atoms with Gasteiger partial charge in [0.1, 0.15) is 12.4 Å². The minimum atomic E-state index is -0.686. The second-order valence-electron chi connectivity index (χ2n) is 5.34. The summed E-state index contributed by atoms with van der Waals surface area (Å²) in [6.45, 7) is 6.90. The lowest BCUT2D eigenvalue weighted by Crippen LogP contribution is -2.27. The molecule has 2 atom stereocenters. The number of carboxylic acid groups (broad SMARTS) is 1. The first kappa shape index (κ1) is 13.9. The molecular formula is C15H21NO3. The highest BCUT2D eigenvalue weighted by atomic mass is 16.5. The topological polar surface area (TPSA) is 49.8 Å². The molecule has 0 bridgehead atoms.